The molecule has 2 rings (SSSR count). The quantitative estimate of drug-likeness (QED) is 0.667. The van der Waals surface area contributed by atoms with Crippen LogP contribution in [0.2, 0.25) is 0 Å². The number of thioether (sulfide) groups is 1. The molecule has 0 aliphatic carbocycles. The van der Waals surface area contributed by atoms with Crippen molar-refractivity contribution < 1.29 is 4.52 Å². The molecule has 2 N–H and O–H groups in total. The second kappa shape index (κ2) is 6.13. The van der Waals surface area contributed by atoms with Crippen LogP contribution in [0.3, 0.4) is 0 Å². The minimum atomic E-state index is 0.378. The van der Waals surface area contributed by atoms with Crippen molar-refractivity contribution in [3.8, 4) is 0 Å². The van der Waals surface area contributed by atoms with Gasteiger partial charge in [0.25, 0.3) is 0 Å². The molecule has 0 aromatic carbocycles. The van der Waals surface area contributed by atoms with E-state index in [0.29, 0.717) is 18.4 Å². The minimum Gasteiger partial charge on any atom is -0.370 e. The van der Waals surface area contributed by atoms with E-state index in [0.717, 1.165) is 36.0 Å². The molecule has 1 aliphatic rings. The zero-order chi connectivity index (χ0) is 13.0. The smallest absolute Gasteiger partial charge is 0.191 e. The van der Waals surface area contributed by atoms with E-state index in [1.54, 1.807) is 0 Å². The maximum Gasteiger partial charge on any atom is 0.191 e. The summed E-state index contributed by atoms with van der Waals surface area (Å²) in [5, 5.41) is 4.00. The molecule has 18 heavy (non-hydrogen) atoms. The molecule has 2 heterocycles. The van der Waals surface area contributed by atoms with E-state index >= 15 is 0 Å². The molecule has 1 aromatic rings. The number of nitrogens with two attached hydrogens (primary N) is 1. The average molecular weight is 268 g/mol. The Labute approximate surface area is 112 Å². The topological polar surface area (TPSA) is 67.7 Å². The Bertz CT molecular complexity index is 410. The van der Waals surface area contributed by atoms with Gasteiger partial charge in [0.05, 0.1) is 5.69 Å². The summed E-state index contributed by atoms with van der Waals surface area (Å²) in [6, 6.07) is 1.95. The summed E-state index contributed by atoms with van der Waals surface area (Å²) in [6.45, 7) is 6.60. The normalized spacial score (nSPS) is 17.5. The Kier molecular flexibility index (Phi) is 4.52. The first-order valence-corrected chi connectivity index (χ1v) is 7.40. The number of rotatable bonds is 3. The Morgan fingerprint density at radius 3 is 2.89 bits per heavy atom. The molecule has 1 saturated heterocycles. The molecule has 0 unspecified atom stereocenters. The van der Waals surface area contributed by atoms with E-state index in [4.69, 9.17) is 10.3 Å². The van der Waals surface area contributed by atoms with Gasteiger partial charge in [0.15, 0.2) is 11.7 Å². The molecular weight excluding hydrogens is 248 g/mol. The summed E-state index contributed by atoms with van der Waals surface area (Å²) in [7, 11) is 0. The third-order valence-electron chi connectivity index (χ3n) is 2.90. The van der Waals surface area contributed by atoms with E-state index in [9.17, 15) is 0 Å². The van der Waals surface area contributed by atoms with Gasteiger partial charge in [-0.2, -0.15) is 11.8 Å². The third-order valence-corrected chi connectivity index (χ3v) is 3.84. The van der Waals surface area contributed by atoms with Crippen molar-refractivity contribution in [2.75, 3.05) is 24.6 Å². The van der Waals surface area contributed by atoms with Gasteiger partial charge in [0.1, 0.15) is 6.54 Å². The fourth-order valence-corrected chi connectivity index (χ4v) is 2.63. The largest absolute Gasteiger partial charge is 0.370 e. The van der Waals surface area contributed by atoms with Crippen LogP contribution in [0.1, 0.15) is 31.2 Å². The van der Waals surface area contributed by atoms with Gasteiger partial charge in [-0.1, -0.05) is 19.0 Å². The number of guanidine groups is 1. The maximum absolute atomic E-state index is 5.97. The number of hydrogen-bond acceptors (Lipinski definition) is 4. The van der Waals surface area contributed by atoms with Gasteiger partial charge < -0.3 is 15.2 Å². The third kappa shape index (κ3) is 3.41. The van der Waals surface area contributed by atoms with Crippen molar-refractivity contribution >= 4 is 17.7 Å². The van der Waals surface area contributed by atoms with Crippen LogP contribution in [0.4, 0.5) is 0 Å². The van der Waals surface area contributed by atoms with Crippen LogP contribution in [-0.2, 0) is 6.54 Å². The van der Waals surface area contributed by atoms with Crippen LogP contribution in [0, 0.1) is 0 Å². The Morgan fingerprint density at radius 2 is 2.28 bits per heavy atom. The molecule has 0 atom stereocenters. The first-order valence-electron chi connectivity index (χ1n) is 6.25. The zero-order valence-electron chi connectivity index (χ0n) is 10.9. The van der Waals surface area contributed by atoms with Gasteiger partial charge in [-0.25, -0.2) is 4.99 Å². The average Bonchev–Trinajstić information content (AvgIpc) is 2.86. The molecule has 1 fully saturated rings. The number of nitrogens with zero attached hydrogens (tertiary/aromatic N) is 3. The van der Waals surface area contributed by atoms with E-state index in [-0.39, 0.29) is 0 Å². The van der Waals surface area contributed by atoms with Crippen molar-refractivity contribution in [3.05, 3.63) is 17.5 Å². The lowest BCUT2D eigenvalue weighted by Gasteiger charge is -2.27. The molecule has 0 bridgehead atoms. The van der Waals surface area contributed by atoms with E-state index in [2.05, 4.69) is 28.9 Å². The van der Waals surface area contributed by atoms with Gasteiger partial charge in [0.2, 0.25) is 0 Å². The highest BCUT2D eigenvalue weighted by atomic mass is 32.2. The summed E-state index contributed by atoms with van der Waals surface area (Å²) in [6.07, 6.45) is 0. The van der Waals surface area contributed by atoms with Crippen LogP contribution < -0.4 is 5.73 Å². The first kappa shape index (κ1) is 13.3. The molecule has 0 radical (unpaired) electrons. The molecular formula is C12H20N4OS. The number of aromatic nitrogens is 1. The van der Waals surface area contributed by atoms with Crippen molar-refractivity contribution in [3.63, 3.8) is 0 Å². The summed E-state index contributed by atoms with van der Waals surface area (Å²) >= 11 is 1.96. The highest BCUT2D eigenvalue weighted by Gasteiger charge is 2.12. The van der Waals surface area contributed by atoms with Gasteiger partial charge in [-0.15, -0.1) is 0 Å². The summed E-state index contributed by atoms with van der Waals surface area (Å²) < 4.78 is 5.23. The summed E-state index contributed by atoms with van der Waals surface area (Å²) in [5.74, 6) is 4.00. The summed E-state index contributed by atoms with van der Waals surface area (Å²) in [4.78, 5) is 6.49. The van der Waals surface area contributed by atoms with Crippen LogP contribution >= 0.6 is 11.8 Å². The SMILES string of the molecule is CC(C)c1cc(CN=C(N)N2CCSCC2)on1. The number of aliphatic imine (C=N–C) groups is 1. The molecule has 5 nitrogen and oxygen atoms in total. The van der Waals surface area contributed by atoms with Gasteiger partial charge in [-0.05, 0) is 5.92 Å². The molecule has 0 spiro atoms. The van der Waals surface area contributed by atoms with Gasteiger partial charge in [-0.3, -0.25) is 0 Å². The van der Waals surface area contributed by atoms with E-state index < -0.39 is 0 Å². The predicted octanol–water partition coefficient (Wildman–Crippen LogP) is 1.66. The Hall–Kier alpha value is -1.17. The predicted molar refractivity (Wildman–Crippen MR) is 74.8 cm³/mol. The lowest BCUT2D eigenvalue weighted by Crippen LogP contribution is -2.42. The zero-order valence-corrected chi connectivity index (χ0v) is 11.7. The molecule has 100 valence electrons. The maximum atomic E-state index is 5.97. The van der Waals surface area contributed by atoms with Crippen LogP contribution in [0.15, 0.2) is 15.6 Å². The molecule has 1 aromatic heterocycles. The van der Waals surface area contributed by atoms with Crippen LogP contribution in [0.5, 0.6) is 0 Å². The molecule has 0 saturated carbocycles. The van der Waals surface area contributed by atoms with Crippen molar-refractivity contribution in [2.24, 2.45) is 10.7 Å². The van der Waals surface area contributed by atoms with Gasteiger partial charge >= 0.3 is 0 Å². The summed E-state index contributed by atoms with van der Waals surface area (Å²) in [5.41, 5.74) is 6.93. The van der Waals surface area contributed by atoms with Gasteiger partial charge in [0, 0.05) is 30.7 Å². The highest BCUT2D eigenvalue weighted by Crippen LogP contribution is 2.15. The Balaban J connectivity index is 1.91. The Morgan fingerprint density at radius 1 is 1.56 bits per heavy atom. The minimum absolute atomic E-state index is 0.378. The van der Waals surface area contributed by atoms with Crippen LogP contribution in [-0.4, -0.2) is 40.6 Å². The van der Waals surface area contributed by atoms with Crippen molar-refractivity contribution in [2.45, 2.75) is 26.3 Å². The van der Waals surface area contributed by atoms with Crippen molar-refractivity contribution in [1.29, 1.82) is 0 Å². The second-order valence-corrected chi connectivity index (χ2v) is 5.87. The molecule has 6 heteroatoms. The second-order valence-electron chi connectivity index (χ2n) is 4.65. The first-order chi connectivity index (χ1) is 8.66. The lowest BCUT2D eigenvalue weighted by molar-refractivity contribution is 0.375. The monoisotopic (exact) mass is 268 g/mol. The number of hydrogen-bond donors (Lipinski definition) is 1. The highest BCUT2D eigenvalue weighted by molar-refractivity contribution is 7.99. The fourth-order valence-electron chi connectivity index (χ4n) is 1.73. The fraction of sp³-hybridized carbons (Fsp3) is 0.667. The molecule has 0 amide bonds. The van der Waals surface area contributed by atoms with Crippen LogP contribution in [0.25, 0.3) is 0 Å². The lowest BCUT2D eigenvalue weighted by atomic mass is 10.1. The van der Waals surface area contributed by atoms with E-state index in [1.807, 2.05) is 17.8 Å². The standard InChI is InChI=1S/C12H20N4OS/c1-9(2)11-7-10(17-15-11)8-14-12(13)16-3-5-18-6-4-16/h7,9H,3-6,8H2,1-2H3,(H2,13,14). The molecule has 1 aliphatic heterocycles. The van der Waals surface area contributed by atoms with E-state index in [1.165, 1.54) is 0 Å². The van der Waals surface area contributed by atoms with Crippen molar-refractivity contribution in [1.82, 2.24) is 10.1 Å².